The summed E-state index contributed by atoms with van der Waals surface area (Å²) in [7, 11) is 0. The third kappa shape index (κ3) is 2.93. The Kier molecular flexibility index (Phi) is 4.93. The predicted molar refractivity (Wildman–Crippen MR) is 93.6 cm³/mol. The molecule has 4 heteroatoms. The topological polar surface area (TPSA) is 52.0 Å². The number of fused-ring (bicyclic) bond motifs is 2. The molecule has 0 atom stereocenters. The van der Waals surface area contributed by atoms with Gasteiger partial charge in [-0.25, -0.2) is 4.98 Å². The number of hydrogen-bond donors (Lipinski definition) is 0. The van der Waals surface area contributed by atoms with E-state index in [0.717, 1.165) is 25.2 Å². The molecule has 2 aromatic rings. The highest BCUT2D eigenvalue weighted by atomic mass is 16.1. The number of rotatable bonds is 7. The molecule has 1 aliphatic carbocycles. The number of unbranched alkanes of at least 4 members (excludes halogenated alkanes) is 5. The number of nitrogens with zero attached hydrogens (tertiary/aromatic N) is 2. The molecule has 0 spiro atoms. The van der Waals surface area contributed by atoms with E-state index in [4.69, 9.17) is 0 Å². The van der Waals surface area contributed by atoms with E-state index >= 15 is 0 Å². The first-order valence-corrected chi connectivity index (χ1v) is 8.90. The zero-order valence-corrected chi connectivity index (χ0v) is 14.5. The van der Waals surface area contributed by atoms with Gasteiger partial charge >= 0.3 is 0 Å². The SMILES string of the molecule is CCCCCCCCn1c(C)nc2c1C(=O)c1ccccc1C2=O. The van der Waals surface area contributed by atoms with Crippen LogP contribution in [0.1, 0.15) is 83.4 Å². The van der Waals surface area contributed by atoms with Crippen LogP contribution in [0.3, 0.4) is 0 Å². The van der Waals surface area contributed by atoms with Gasteiger partial charge in [-0.05, 0) is 13.3 Å². The van der Waals surface area contributed by atoms with Gasteiger partial charge in [0, 0.05) is 17.7 Å². The average Bonchev–Trinajstić information content (AvgIpc) is 2.93. The largest absolute Gasteiger partial charge is 0.325 e. The second-order valence-corrected chi connectivity index (χ2v) is 6.48. The van der Waals surface area contributed by atoms with Crippen molar-refractivity contribution in [2.24, 2.45) is 0 Å². The molecule has 0 unspecified atom stereocenters. The lowest BCUT2D eigenvalue weighted by Gasteiger charge is -2.16. The lowest BCUT2D eigenvalue weighted by atomic mass is 9.90. The maximum Gasteiger partial charge on any atom is 0.214 e. The Morgan fingerprint density at radius 2 is 1.54 bits per heavy atom. The molecule has 1 aromatic carbocycles. The summed E-state index contributed by atoms with van der Waals surface area (Å²) in [5, 5.41) is 0. The standard InChI is InChI=1S/C20H24N2O2/c1-3-4-5-6-7-10-13-22-14(2)21-17-18(22)20(24)16-12-9-8-11-15(16)19(17)23/h8-9,11-12H,3-7,10,13H2,1-2H3. The molecule has 0 fully saturated rings. The van der Waals surface area contributed by atoms with Gasteiger partial charge in [0.2, 0.25) is 11.6 Å². The summed E-state index contributed by atoms with van der Waals surface area (Å²) in [6.07, 6.45) is 7.16. The molecule has 1 aliphatic rings. The van der Waals surface area contributed by atoms with Crippen LogP contribution in [0.15, 0.2) is 24.3 Å². The van der Waals surface area contributed by atoms with Crippen LogP contribution in [-0.4, -0.2) is 21.1 Å². The van der Waals surface area contributed by atoms with E-state index < -0.39 is 0 Å². The molecular weight excluding hydrogens is 300 g/mol. The van der Waals surface area contributed by atoms with Crippen LogP contribution >= 0.6 is 0 Å². The predicted octanol–water partition coefficient (Wildman–Crippen LogP) is 4.33. The summed E-state index contributed by atoms with van der Waals surface area (Å²) in [5.41, 5.74) is 1.77. The van der Waals surface area contributed by atoms with Crippen LogP contribution in [0.25, 0.3) is 0 Å². The van der Waals surface area contributed by atoms with Crippen molar-refractivity contribution in [2.75, 3.05) is 0 Å². The molecule has 126 valence electrons. The van der Waals surface area contributed by atoms with Crippen LogP contribution < -0.4 is 0 Å². The van der Waals surface area contributed by atoms with Gasteiger partial charge in [-0.1, -0.05) is 63.3 Å². The van der Waals surface area contributed by atoms with Crippen molar-refractivity contribution in [3.8, 4) is 0 Å². The quantitative estimate of drug-likeness (QED) is 0.608. The second-order valence-electron chi connectivity index (χ2n) is 6.48. The molecule has 1 aromatic heterocycles. The minimum atomic E-state index is -0.134. The molecule has 0 amide bonds. The first-order valence-electron chi connectivity index (χ1n) is 8.90. The van der Waals surface area contributed by atoms with E-state index in [1.165, 1.54) is 25.7 Å². The van der Waals surface area contributed by atoms with Crippen LogP contribution in [0.5, 0.6) is 0 Å². The number of aryl methyl sites for hydroxylation is 1. The summed E-state index contributed by atoms with van der Waals surface area (Å²) in [6.45, 7) is 4.84. The highest BCUT2D eigenvalue weighted by Crippen LogP contribution is 2.28. The highest BCUT2D eigenvalue weighted by molar-refractivity contribution is 6.27. The molecule has 0 radical (unpaired) electrons. The number of ketones is 2. The van der Waals surface area contributed by atoms with Crippen LogP contribution in [0.4, 0.5) is 0 Å². The maximum absolute atomic E-state index is 12.8. The fourth-order valence-electron chi connectivity index (χ4n) is 3.41. The summed E-state index contributed by atoms with van der Waals surface area (Å²) >= 11 is 0. The Balaban J connectivity index is 1.80. The van der Waals surface area contributed by atoms with Gasteiger partial charge in [0.1, 0.15) is 17.2 Å². The molecule has 4 nitrogen and oxygen atoms in total. The van der Waals surface area contributed by atoms with Crippen molar-refractivity contribution in [3.63, 3.8) is 0 Å². The monoisotopic (exact) mass is 324 g/mol. The number of hydrogen-bond acceptors (Lipinski definition) is 3. The fourth-order valence-corrected chi connectivity index (χ4v) is 3.41. The van der Waals surface area contributed by atoms with Crippen LogP contribution in [0, 0.1) is 6.92 Å². The lowest BCUT2D eigenvalue weighted by Crippen LogP contribution is -2.23. The summed E-state index contributed by atoms with van der Waals surface area (Å²) < 4.78 is 1.94. The van der Waals surface area contributed by atoms with Crippen molar-refractivity contribution < 1.29 is 9.59 Å². The summed E-state index contributed by atoms with van der Waals surface area (Å²) in [4.78, 5) is 29.9. The normalized spacial score (nSPS) is 13.1. The van der Waals surface area contributed by atoms with Gasteiger partial charge in [0.25, 0.3) is 0 Å². The summed E-state index contributed by atoms with van der Waals surface area (Å²) in [5.74, 6) is 0.542. The molecule has 1 heterocycles. The van der Waals surface area contributed by atoms with Crippen molar-refractivity contribution in [1.29, 1.82) is 0 Å². The van der Waals surface area contributed by atoms with Crippen LogP contribution in [-0.2, 0) is 6.54 Å². The molecule has 3 rings (SSSR count). The minimum Gasteiger partial charge on any atom is -0.325 e. The lowest BCUT2D eigenvalue weighted by molar-refractivity contribution is 0.0970. The third-order valence-electron chi connectivity index (χ3n) is 4.74. The zero-order valence-electron chi connectivity index (χ0n) is 14.5. The Bertz CT molecular complexity index is 774. The Morgan fingerprint density at radius 3 is 2.25 bits per heavy atom. The Hall–Kier alpha value is -2.23. The van der Waals surface area contributed by atoms with E-state index in [-0.39, 0.29) is 11.6 Å². The Labute approximate surface area is 142 Å². The van der Waals surface area contributed by atoms with Crippen molar-refractivity contribution in [1.82, 2.24) is 9.55 Å². The molecule has 0 N–H and O–H groups in total. The first-order chi connectivity index (χ1) is 11.6. The van der Waals surface area contributed by atoms with Gasteiger partial charge in [0.05, 0.1) is 0 Å². The maximum atomic E-state index is 12.8. The van der Waals surface area contributed by atoms with Gasteiger partial charge in [0.15, 0.2) is 0 Å². The minimum absolute atomic E-state index is 0.0771. The molecule has 0 aliphatic heterocycles. The summed E-state index contributed by atoms with van der Waals surface area (Å²) in [6, 6.07) is 7.03. The average molecular weight is 324 g/mol. The number of benzene rings is 1. The number of carbonyl (C=O) groups excluding carboxylic acids is 2. The fraction of sp³-hybridized carbons (Fsp3) is 0.450. The van der Waals surface area contributed by atoms with Gasteiger partial charge in [-0.2, -0.15) is 0 Å². The van der Waals surface area contributed by atoms with Crippen LogP contribution in [0.2, 0.25) is 0 Å². The van der Waals surface area contributed by atoms with E-state index in [1.807, 2.05) is 11.5 Å². The molecule has 0 saturated heterocycles. The number of aromatic nitrogens is 2. The van der Waals surface area contributed by atoms with E-state index in [0.29, 0.717) is 22.5 Å². The molecular formula is C20H24N2O2. The third-order valence-corrected chi connectivity index (χ3v) is 4.74. The van der Waals surface area contributed by atoms with Gasteiger partial charge in [-0.3, -0.25) is 9.59 Å². The van der Waals surface area contributed by atoms with Crippen molar-refractivity contribution in [2.45, 2.75) is 58.9 Å². The van der Waals surface area contributed by atoms with Crippen molar-refractivity contribution >= 4 is 11.6 Å². The highest BCUT2D eigenvalue weighted by Gasteiger charge is 2.34. The van der Waals surface area contributed by atoms with E-state index in [9.17, 15) is 9.59 Å². The van der Waals surface area contributed by atoms with Crippen molar-refractivity contribution in [3.05, 3.63) is 52.6 Å². The first kappa shape index (κ1) is 16.6. The molecule has 0 saturated carbocycles. The van der Waals surface area contributed by atoms with E-state index in [1.54, 1.807) is 24.3 Å². The second kappa shape index (κ2) is 7.12. The van der Waals surface area contributed by atoms with Gasteiger partial charge < -0.3 is 4.57 Å². The van der Waals surface area contributed by atoms with Gasteiger partial charge in [-0.15, -0.1) is 0 Å². The molecule has 24 heavy (non-hydrogen) atoms. The van der Waals surface area contributed by atoms with E-state index in [2.05, 4.69) is 11.9 Å². The Morgan fingerprint density at radius 1 is 0.917 bits per heavy atom. The molecule has 0 bridgehead atoms. The smallest absolute Gasteiger partial charge is 0.214 e. The number of imidazole rings is 1. The zero-order chi connectivity index (χ0) is 17.1. The number of carbonyl (C=O) groups is 2.